The van der Waals surface area contributed by atoms with Gasteiger partial charge in [0.25, 0.3) is 0 Å². The van der Waals surface area contributed by atoms with Gasteiger partial charge >= 0.3 is 5.97 Å². The van der Waals surface area contributed by atoms with Crippen LogP contribution in [0.3, 0.4) is 0 Å². The molecule has 1 heterocycles. The molecule has 0 bridgehead atoms. The lowest BCUT2D eigenvalue weighted by atomic mass is 10.1. The van der Waals surface area contributed by atoms with Gasteiger partial charge in [0, 0.05) is 13.0 Å². The highest BCUT2D eigenvalue weighted by Gasteiger charge is 2.29. The summed E-state index contributed by atoms with van der Waals surface area (Å²) < 4.78 is 22.7. The lowest BCUT2D eigenvalue weighted by Crippen LogP contribution is -2.48. The first-order valence-electron chi connectivity index (χ1n) is 6.82. The summed E-state index contributed by atoms with van der Waals surface area (Å²) >= 11 is 0. The number of carbonyl (C=O) groups excluding carboxylic acids is 2. The molecule has 0 spiro atoms. The summed E-state index contributed by atoms with van der Waals surface area (Å²) in [6, 6.07) is 6.09. The average molecular weight is 295 g/mol. The minimum atomic E-state index is -0.710. The number of esters is 1. The van der Waals surface area contributed by atoms with E-state index in [9.17, 15) is 14.0 Å². The van der Waals surface area contributed by atoms with Gasteiger partial charge < -0.3 is 14.4 Å². The van der Waals surface area contributed by atoms with Crippen LogP contribution in [-0.2, 0) is 25.5 Å². The lowest BCUT2D eigenvalue weighted by molar-refractivity contribution is -0.162. The second-order valence-corrected chi connectivity index (χ2v) is 4.85. The van der Waals surface area contributed by atoms with Gasteiger partial charge in [-0.15, -0.1) is 0 Å². The Morgan fingerprint density at radius 3 is 2.76 bits per heavy atom. The molecule has 2 rings (SSSR count). The fourth-order valence-corrected chi connectivity index (χ4v) is 2.21. The maximum Gasteiger partial charge on any atom is 0.336 e. The van der Waals surface area contributed by atoms with E-state index >= 15 is 0 Å². The molecule has 1 fully saturated rings. The number of amides is 1. The molecule has 1 unspecified atom stereocenters. The Bertz CT molecular complexity index is 503. The lowest BCUT2D eigenvalue weighted by Gasteiger charge is -2.31. The number of benzene rings is 1. The number of halogens is 1. The summed E-state index contributed by atoms with van der Waals surface area (Å²) in [4.78, 5) is 25.2. The predicted molar refractivity (Wildman–Crippen MR) is 73.1 cm³/mol. The molecule has 0 radical (unpaired) electrons. The van der Waals surface area contributed by atoms with Crippen LogP contribution in [0, 0.1) is 5.82 Å². The van der Waals surface area contributed by atoms with E-state index in [4.69, 9.17) is 4.74 Å². The van der Waals surface area contributed by atoms with Gasteiger partial charge in [0.05, 0.1) is 20.3 Å². The van der Waals surface area contributed by atoms with E-state index < -0.39 is 12.1 Å². The second-order valence-electron chi connectivity index (χ2n) is 4.85. The van der Waals surface area contributed by atoms with Crippen LogP contribution in [0.1, 0.15) is 12.0 Å². The third kappa shape index (κ3) is 4.26. The van der Waals surface area contributed by atoms with Crippen molar-refractivity contribution in [3.05, 3.63) is 35.6 Å². The Morgan fingerprint density at radius 2 is 2.10 bits per heavy atom. The van der Waals surface area contributed by atoms with Crippen LogP contribution in [0.4, 0.5) is 4.39 Å². The van der Waals surface area contributed by atoms with Crippen molar-refractivity contribution in [1.82, 2.24) is 4.90 Å². The summed E-state index contributed by atoms with van der Waals surface area (Å²) in [6.07, 6.45) is 0.150. The first kappa shape index (κ1) is 15.4. The Hall–Kier alpha value is -1.95. The number of morpholine rings is 1. The zero-order valence-corrected chi connectivity index (χ0v) is 11.9. The van der Waals surface area contributed by atoms with Crippen molar-refractivity contribution in [2.75, 3.05) is 26.8 Å². The Balaban J connectivity index is 1.85. The number of carbonyl (C=O) groups is 2. The third-order valence-electron chi connectivity index (χ3n) is 3.42. The van der Waals surface area contributed by atoms with Crippen molar-refractivity contribution in [2.24, 2.45) is 0 Å². The van der Waals surface area contributed by atoms with Crippen molar-refractivity contribution >= 4 is 11.9 Å². The largest absolute Gasteiger partial charge is 0.467 e. The number of aryl methyl sites for hydroxylation is 1. The molecule has 0 N–H and O–H groups in total. The van der Waals surface area contributed by atoms with E-state index in [1.165, 1.54) is 19.2 Å². The molecule has 5 nitrogen and oxygen atoms in total. The van der Waals surface area contributed by atoms with Gasteiger partial charge in [0.15, 0.2) is 6.10 Å². The highest BCUT2D eigenvalue weighted by molar-refractivity contribution is 5.79. The highest BCUT2D eigenvalue weighted by atomic mass is 19.1. The smallest absolute Gasteiger partial charge is 0.336 e. The van der Waals surface area contributed by atoms with Crippen LogP contribution in [0.2, 0.25) is 0 Å². The van der Waals surface area contributed by atoms with Crippen molar-refractivity contribution in [3.63, 3.8) is 0 Å². The monoisotopic (exact) mass is 295 g/mol. The molecule has 1 aromatic rings. The summed E-state index contributed by atoms with van der Waals surface area (Å²) in [5, 5.41) is 0. The molecule has 1 aromatic carbocycles. The van der Waals surface area contributed by atoms with E-state index in [1.807, 2.05) is 0 Å². The molecule has 114 valence electrons. The summed E-state index contributed by atoms with van der Waals surface area (Å²) in [5.41, 5.74) is 0.905. The summed E-state index contributed by atoms with van der Waals surface area (Å²) in [7, 11) is 1.29. The van der Waals surface area contributed by atoms with Crippen molar-refractivity contribution in [2.45, 2.75) is 18.9 Å². The molecule has 1 saturated heterocycles. The molecule has 0 aromatic heterocycles. The second kappa shape index (κ2) is 7.17. The standard InChI is InChI=1S/C15H18FNO4/c1-20-15(19)13-10-17(8-9-21-13)14(18)7-4-11-2-5-12(16)6-3-11/h2-3,5-6,13H,4,7-10H2,1H3. The zero-order chi connectivity index (χ0) is 15.2. The molecule has 1 aliphatic heterocycles. The fourth-order valence-electron chi connectivity index (χ4n) is 2.21. The van der Waals surface area contributed by atoms with E-state index in [1.54, 1.807) is 17.0 Å². The molecule has 21 heavy (non-hydrogen) atoms. The molecule has 1 aliphatic rings. The van der Waals surface area contributed by atoms with E-state index in [0.717, 1.165) is 5.56 Å². The third-order valence-corrected chi connectivity index (χ3v) is 3.42. The molecule has 1 amide bonds. The number of nitrogens with zero attached hydrogens (tertiary/aromatic N) is 1. The summed E-state index contributed by atoms with van der Waals surface area (Å²) in [6.45, 7) is 1.01. The molecule has 0 aliphatic carbocycles. The average Bonchev–Trinajstić information content (AvgIpc) is 2.53. The van der Waals surface area contributed by atoms with Gasteiger partial charge in [0.2, 0.25) is 5.91 Å². The maximum atomic E-state index is 12.8. The number of ether oxygens (including phenoxy) is 2. The minimum Gasteiger partial charge on any atom is -0.467 e. The zero-order valence-electron chi connectivity index (χ0n) is 11.9. The van der Waals surface area contributed by atoms with Crippen LogP contribution in [0.25, 0.3) is 0 Å². The van der Waals surface area contributed by atoms with E-state index in [0.29, 0.717) is 26.0 Å². The van der Waals surface area contributed by atoms with Crippen LogP contribution >= 0.6 is 0 Å². The first-order chi connectivity index (χ1) is 10.1. The Labute approximate surface area is 122 Å². The number of hydrogen-bond acceptors (Lipinski definition) is 4. The van der Waals surface area contributed by atoms with Gasteiger partial charge in [-0.05, 0) is 24.1 Å². The molecule has 1 atom stereocenters. The molecule has 0 saturated carbocycles. The fraction of sp³-hybridized carbons (Fsp3) is 0.467. The molecular weight excluding hydrogens is 277 g/mol. The maximum absolute atomic E-state index is 12.8. The normalized spacial score (nSPS) is 18.4. The Morgan fingerprint density at radius 1 is 1.38 bits per heavy atom. The predicted octanol–water partition coefficient (Wildman–Crippen LogP) is 1.16. The quantitative estimate of drug-likeness (QED) is 0.782. The van der Waals surface area contributed by atoms with Gasteiger partial charge in [-0.1, -0.05) is 12.1 Å². The van der Waals surface area contributed by atoms with E-state index in [-0.39, 0.29) is 18.3 Å². The number of hydrogen-bond donors (Lipinski definition) is 0. The number of rotatable bonds is 4. The van der Waals surface area contributed by atoms with E-state index in [2.05, 4.69) is 4.74 Å². The van der Waals surface area contributed by atoms with Crippen LogP contribution in [0.15, 0.2) is 24.3 Å². The summed E-state index contributed by atoms with van der Waals surface area (Å²) in [5.74, 6) is -0.804. The van der Waals surface area contributed by atoms with Gasteiger partial charge in [0.1, 0.15) is 5.82 Å². The van der Waals surface area contributed by atoms with Gasteiger partial charge in [-0.25, -0.2) is 9.18 Å². The van der Waals surface area contributed by atoms with Gasteiger partial charge in [-0.3, -0.25) is 4.79 Å². The van der Waals surface area contributed by atoms with Gasteiger partial charge in [-0.2, -0.15) is 0 Å². The molecular formula is C15H18FNO4. The van der Waals surface area contributed by atoms with Crippen LogP contribution < -0.4 is 0 Å². The first-order valence-corrected chi connectivity index (χ1v) is 6.82. The highest BCUT2D eigenvalue weighted by Crippen LogP contribution is 2.11. The number of methoxy groups -OCH3 is 1. The van der Waals surface area contributed by atoms with Crippen molar-refractivity contribution in [1.29, 1.82) is 0 Å². The SMILES string of the molecule is COC(=O)C1CN(C(=O)CCc2ccc(F)cc2)CCO1. The van der Waals surface area contributed by atoms with Crippen LogP contribution in [0.5, 0.6) is 0 Å². The minimum absolute atomic E-state index is 0.0449. The Kier molecular flexibility index (Phi) is 5.27. The van der Waals surface area contributed by atoms with Crippen molar-refractivity contribution < 1.29 is 23.5 Å². The molecule has 6 heteroatoms. The topological polar surface area (TPSA) is 55.8 Å². The van der Waals surface area contributed by atoms with Crippen LogP contribution in [-0.4, -0.2) is 49.7 Å². The van der Waals surface area contributed by atoms with Crippen molar-refractivity contribution in [3.8, 4) is 0 Å².